The molecule has 2 heteroatoms. The van der Waals surface area contributed by atoms with E-state index in [1.807, 2.05) is 6.20 Å². The first kappa shape index (κ1) is 16.8. The lowest BCUT2D eigenvalue weighted by atomic mass is 9.74. The van der Waals surface area contributed by atoms with Gasteiger partial charge in [0.15, 0.2) is 0 Å². The van der Waals surface area contributed by atoms with Gasteiger partial charge in [0.05, 0.1) is 5.69 Å². The van der Waals surface area contributed by atoms with Crippen LogP contribution in [-0.4, -0.2) is 4.98 Å². The van der Waals surface area contributed by atoms with Gasteiger partial charge in [0.25, 0.3) is 0 Å². The van der Waals surface area contributed by atoms with Gasteiger partial charge in [-0.05, 0) is 34.1 Å². The van der Waals surface area contributed by atoms with Crippen molar-refractivity contribution in [3.8, 4) is 11.3 Å². The molecule has 2 aromatic heterocycles. The maximum Gasteiger partial charge on any atom is 0.139 e. The van der Waals surface area contributed by atoms with E-state index in [4.69, 9.17) is 9.40 Å². The first-order valence-corrected chi connectivity index (χ1v) is 10.4. The second-order valence-corrected chi connectivity index (χ2v) is 9.04. The Bertz CT molecular complexity index is 1450. The smallest absolute Gasteiger partial charge is 0.139 e. The van der Waals surface area contributed by atoms with Crippen LogP contribution in [0.3, 0.4) is 0 Å². The summed E-state index contributed by atoms with van der Waals surface area (Å²) in [5.41, 5.74) is 7.92. The summed E-state index contributed by atoms with van der Waals surface area (Å²) in [4.78, 5) is 4.99. The predicted octanol–water partition coefficient (Wildman–Crippen LogP) is 7.56. The highest BCUT2D eigenvalue weighted by Gasteiger charge is 2.36. The monoisotopic (exact) mass is 377 g/mol. The van der Waals surface area contributed by atoms with Crippen molar-refractivity contribution in [2.24, 2.45) is 0 Å². The van der Waals surface area contributed by atoms with E-state index in [-0.39, 0.29) is 5.41 Å². The summed E-state index contributed by atoms with van der Waals surface area (Å²) in [6.45, 7) is 9.12. The average Bonchev–Trinajstić information content (AvgIpc) is 3.07. The van der Waals surface area contributed by atoms with Crippen LogP contribution in [0, 0.1) is 0 Å². The van der Waals surface area contributed by atoms with Gasteiger partial charge in [-0.25, -0.2) is 0 Å². The molecule has 0 saturated carbocycles. The number of benzene rings is 3. The third-order valence-electron chi connectivity index (χ3n) is 6.65. The van der Waals surface area contributed by atoms with Crippen molar-refractivity contribution in [3.63, 3.8) is 0 Å². The Kier molecular flexibility index (Phi) is 3.17. The number of hydrogen-bond donors (Lipinski definition) is 0. The van der Waals surface area contributed by atoms with E-state index >= 15 is 0 Å². The standard InChI is InChI=1S/C27H23NO/c1-15(2)17-12-13-20-23-22-19(10-7-11-21(22)29-26(17)23)25-24(27(20,3)4)18-9-6-5-8-16(18)14-28-25/h5-15H,1-4H3. The second kappa shape index (κ2) is 5.48. The quantitative estimate of drug-likeness (QED) is 0.301. The van der Waals surface area contributed by atoms with Crippen molar-refractivity contribution in [1.29, 1.82) is 0 Å². The third kappa shape index (κ3) is 2.04. The SMILES string of the molecule is CC(C)c1ccc2c3c1oc1cccc(c13)-c1ncc3ccccc3c1C2(C)C. The number of hydrogen-bond acceptors (Lipinski definition) is 2. The van der Waals surface area contributed by atoms with Crippen LogP contribution in [0.25, 0.3) is 44.0 Å². The summed E-state index contributed by atoms with van der Waals surface area (Å²) in [6.07, 6.45) is 2.01. The van der Waals surface area contributed by atoms with E-state index in [2.05, 4.69) is 82.3 Å². The lowest BCUT2D eigenvalue weighted by molar-refractivity contribution is 0.640. The van der Waals surface area contributed by atoms with Gasteiger partial charge in [-0.3, -0.25) is 4.98 Å². The molecule has 0 amide bonds. The molecule has 0 bridgehead atoms. The van der Waals surface area contributed by atoms with E-state index in [0.29, 0.717) is 5.92 Å². The number of rotatable bonds is 1. The lowest BCUT2D eigenvalue weighted by Crippen LogP contribution is -2.21. The number of nitrogens with zero attached hydrogens (tertiary/aromatic N) is 1. The van der Waals surface area contributed by atoms with Crippen molar-refractivity contribution in [1.82, 2.24) is 4.98 Å². The predicted molar refractivity (Wildman–Crippen MR) is 121 cm³/mol. The molecule has 3 aromatic carbocycles. The van der Waals surface area contributed by atoms with Gasteiger partial charge in [-0.1, -0.05) is 76.2 Å². The fraction of sp³-hybridized carbons (Fsp3) is 0.222. The number of furan rings is 1. The Morgan fingerprint density at radius 3 is 2.55 bits per heavy atom. The van der Waals surface area contributed by atoms with Gasteiger partial charge >= 0.3 is 0 Å². The van der Waals surface area contributed by atoms with Crippen molar-refractivity contribution in [3.05, 3.63) is 77.5 Å². The molecule has 0 spiro atoms. The topological polar surface area (TPSA) is 26.0 Å². The van der Waals surface area contributed by atoms with E-state index < -0.39 is 0 Å². The van der Waals surface area contributed by atoms with Gasteiger partial charge in [0.1, 0.15) is 11.2 Å². The number of fused-ring (bicyclic) bond motifs is 4. The largest absolute Gasteiger partial charge is 0.456 e. The second-order valence-electron chi connectivity index (χ2n) is 9.04. The maximum absolute atomic E-state index is 6.47. The molecule has 0 aliphatic heterocycles. The summed E-state index contributed by atoms with van der Waals surface area (Å²) >= 11 is 0. The fourth-order valence-corrected chi connectivity index (χ4v) is 5.25. The molecule has 0 atom stereocenters. The highest BCUT2D eigenvalue weighted by molar-refractivity contribution is 6.17. The van der Waals surface area contributed by atoms with Gasteiger partial charge in [0.2, 0.25) is 0 Å². The molecule has 5 aromatic rings. The maximum atomic E-state index is 6.47. The minimum Gasteiger partial charge on any atom is -0.456 e. The molecular formula is C27H23NO. The van der Waals surface area contributed by atoms with Gasteiger partial charge < -0.3 is 4.42 Å². The Labute approximate surface area is 170 Å². The molecule has 0 fully saturated rings. The molecule has 29 heavy (non-hydrogen) atoms. The molecule has 1 aliphatic carbocycles. The highest BCUT2D eigenvalue weighted by atomic mass is 16.3. The Balaban J connectivity index is 1.91. The van der Waals surface area contributed by atoms with E-state index in [9.17, 15) is 0 Å². The van der Waals surface area contributed by atoms with Crippen LogP contribution in [0.4, 0.5) is 0 Å². The van der Waals surface area contributed by atoms with Gasteiger partial charge in [-0.15, -0.1) is 0 Å². The summed E-state index contributed by atoms with van der Waals surface area (Å²) < 4.78 is 6.47. The van der Waals surface area contributed by atoms with Crippen molar-refractivity contribution in [2.45, 2.75) is 39.0 Å². The Hall–Kier alpha value is -3.13. The minimum absolute atomic E-state index is 0.202. The van der Waals surface area contributed by atoms with Crippen LogP contribution < -0.4 is 0 Å². The molecule has 2 heterocycles. The average molecular weight is 377 g/mol. The molecule has 0 unspecified atom stereocenters. The van der Waals surface area contributed by atoms with Crippen LogP contribution in [0.5, 0.6) is 0 Å². The summed E-state index contributed by atoms with van der Waals surface area (Å²) in [5.74, 6) is 0.403. The van der Waals surface area contributed by atoms with Gasteiger partial charge in [-0.2, -0.15) is 0 Å². The van der Waals surface area contributed by atoms with Crippen molar-refractivity contribution in [2.75, 3.05) is 0 Å². The van der Waals surface area contributed by atoms with E-state index in [0.717, 1.165) is 16.9 Å². The normalized spacial score (nSPS) is 14.8. The number of pyridine rings is 1. The Morgan fingerprint density at radius 2 is 1.72 bits per heavy atom. The number of aromatic nitrogens is 1. The lowest BCUT2D eigenvalue weighted by Gasteiger charge is -2.29. The van der Waals surface area contributed by atoms with Crippen molar-refractivity contribution < 1.29 is 4.42 Å². The zero-order valence-corrected chi connectivity index (χ0v) is 17.2. The molecule has 1 aliphatic rings. The minimum atomic E-state index is -0.202. The molecular weight excluding hydrogens is 354 g/mol. The summed E-state index contributed by atoms with van der Waals surface area (Å²) in [7, 11) is 0. The van der Waals surface area contributed by atoms with Crippen LogP contribution in [-0.2, 0) is 5.41 Å². The molecule has 0 N–H and O–H groups in total. The zero-order valence-electron chi connectivity index (χ0n) is 17.2. The zero-order chi connectivity index (χ0) is 19.9. The molecule has 2 nitrogen and oxygen atoms in total. The summed E-state index contributed by atoms with van der Waals surface area (Å²) in [6, 6.07) is 19.6. The Morgan fingerprint density at radius 1 is 0.897 bits per heavy atom. The first-order valence-electron chi connectivity index (χ1n) is 10.4. The van der Waals surface area contributed by atoms with E-state index in [1.54, 1.807) is 0 Å². The van der Waals surface area contributed by atoms with Crippen LogP contribution in [0.15, 0.2) is 65.2 Å². The van der Waals surface area contributed by atoms with Crippen LogP contribution in [0.1, 0.15) is 50.3 Å². The highest BCUT2D eigenvalue weighted by Crippen LogP contribution is 2.51. The molecule has 0 radical (unpaired) electrons. The van der Waals surface area contributed by atoms with Crippen molar-refractivity contribution >= 4 is 32.7 Å². The van der Waals surface area contributed by atoms with Crippen LogP contribution >= 0.6 is 0 Å². The van der Waals surface area contributed by atoms with E-state index in [1.165, 1.54) is 43.8 Å². The summed E-state index contributed by atoms with van der Waals surface area (Å²) in [5, 5.41) is 4.93. The first-order chi connectivity index (χ1) is 14.0. The van der Waals surface area contributed by atoms with Crippen LogP contribution in [0.2, 0.25) is 0 Å². The molecule has 142 valence electrons. The third-order valence-corrected chi connectivity index (χ3v) is 6.65. The van der Waals surface area contributed by atoms with Gasteiger partial charge in [0, 0.05) is 33.3 Å². The molecule has 0 saturated heterocycles. The molecule has 6 rings (SSSR count). The fourth-order valence-electron chi connectivity index (χ4n) is 5.25.